The predicted molar refractivity (Wildman–Crippen MR) is 61.0 cm³/mol. The molecule has 0 fully saturated rings. The Bertz CT molecular complexity index is 500. The normalized spacial score (nSPS) is 10.3. The third-order valence-electron chi connectivity index (χ3n) is 2.25. The fraction of sp³-hybridized carbons (Fsp3) is 0.0833. The topological polar surface area (TPSA) is 30.2 Å². The van der Waals surface area contributed by atoms with E-state index in [1.54, 1.807) is 6.07 Å². The van der Waals surface area contributed by atoms with Gasteiger partial charge < -0.3 is 4.42 Å². The van der Waals surface area contributed by atoms with Crippen LogP contribution in [0.3, 0.4) is 0 Å². The molecule has 0 aliphatic heterocycles. The van der Waals surface area contributed by atoms with Gasteiger partial charge in [-0.25, -0.2) is 0 Å². The van der Waals surface area contributed by atoms with E-state index in [0.717, 1.165) is 5.56 Å². The van der Waals surface area contributed by atoms with Crippen molar-refractivity contribution in [3.8, 4) is 0 Å². The van der Waals surface area contributed by atoms with Gasteiger partial charge in [0.25, 0.3) is 0 Å². The first-order chi connectivity index (χ1) is 7.20. The zero-order chi connectivity index (χ0) is 10.8. The van der Waals surface area contributed by atoms with E-state index < -0.39 is 0 Å². The van der Waals surface area contributed by atoms with Gasteiger partial charge in [-0.2, -0.15) is 0 Å². The fourth-order valence-corrected chi connectivity index (χ4v) is 1.85. The van der Waals surface area contributed by atoms with E-state index in [2.05, 4.69) is 15.9 Å². The molecule has 0 aliphatic rings. The molecule has 0 aliphatic carbocycles. The summed E-state index contributed by atoms with van der Waals surface area (Å²) in [5.41, 5.74) is 2.24. The van der Waals surface area contributed by atoms with Crippen molar-refractivity contribution in [2.45, 2.75) is 6.92 Å². The van der Waals surface area contributed by atoms with Crippen molar-refractivity contribution in [2.75, 3.05) is 0 Å². The van der Waals surface area contributed by atoms with Crippen LogP contribution in [0.2, 0.25) is 0 Å². The molecule has 0 radical (unpaired) electrons. The van der Waals surface area contributed by atoms with Crippen molar-refractivity contribution in [3.63, 3.8) is 0 Å². The highest BCUT2D eigenvalue weighted by Gasteiger charge is 2.15. The molecule has 1 heterocycles. The minimum absolute atomic E-state index is 0.0197. The van der Waals surface area contributed by atoms with E-state index in [1.807, 2.05) is 31.2 Å². The molecular weight excluding hydrogens is 256 g/mol. The third kappa shape index (κ3) is 1.88. The van der Waals surface area contributed by atoms with Gasteiger partial charge in [0.15, 0.2) is 10.5 Å². The maximum absolute atomic E-state index is 12.1. The van der Waals surface area contributed by atoms with Crippen molar-refractivity contribution >= 4 is 21.7 Å². The third-order valence-corrected chi connectivity index (χ3v) is 2.87. The van der Waals surface area contributed by atoms with Crippen molar-refractivity contribution in [2.24, 2.45) is 0 Å². The molecule has 0 spiro atoms. The number of hydrogen-bond acceptors (Lipinski definition) is 2. The summed E-state index contributed by atoms with van der Waals surface area (Å²) in [5.74, 6) is -0.0197. The van der Waals surface area contributed by atoms with Crippen LogP contribution in [-0.2, 0) is 0 Å². The summed E-state index contributed by atoms with van der Waals surface area (Å²) < 4.78 is 5.52. The van der Waals surface area contributed by atoms with Gasteiger partial charge in [-0.05, 0) is 34.5 Å². The lowest BCUT2D eigenvalue weighted by Crippen LogP contribution is -2.02. The SMILES string of the molecule is Cc1ccccc1C(=O)c1ccoc1Br. The Kier molecular flexibility index (Phi) is 2.73. The molecule has 2 aromatic rings. The number of aryl methyl sites for hydroxylation is 1. The van der Waals surface area contributed by atoms with Gasteiger partial charge in [0.05, 0.1) is 11.8 Å². The van der Waals surface area contributed by atoms with Gasteiger partial charge in [0.2, 0.25) is 0 Å². The Morgan fingerprint density at radius 3 is 2.53 bits per heavy atom. The van der Waals surface area contributed by atoms with Crippen molar-refractivity contribution < 1.29 is 9.21 Å². The lowest BCUT2D eigenvalue weighted by molar-refractivity contribution is 0.103. The first-order valence-electron chi connectivity index (χ1n) is 4.53. The first-order valence-corrected chi connectivity index (χ1v) is 5.33. The number of carbonyl (C=O) groups excluding carboxylic acids is 1. The summed E-state index contributed by atoms with van der Waals surface area (Å²) in [6, 6.07) is 9.17. The molecule has 3 heteroatoms. The van der Waals surface area contributed by atoms with E-state index in [9.17, 15) is 4.79 Å². The molecular formula is C12H9BrO2. The maximum atomic E-state index is 12.1. The van der Waals surface area contributed by atoms with E-state index in [1.165, 1.54) is 6.26 Å². The molecule has 15 heavy (non-hydrogen) atoms. The number of halogens is 1. The molecule has 0 saturated carbocycles. The van der Waals surface area contributed by atoms with Gasteiger partial charge in [-0.1, -0.05) is 24.3 Å². The van der Waals surface area contributed by atoms with Gasteiger partial charge in [0, 0.05) is 5.56 Å². The van der Waals surface area contributed by atoms with Crippen molar-refractivity contribution in [1.82, 2.24) is 0 Å². The molecule has 2 rings (SSSR count). The number of ketones is 1. The Balaban J connectivity index is 2.46. The number of benzene rings is 1. The molecule has 0 unspecified atom stereocenters. The number of furan rings is 1. The number of rotatable bonds is 2. The average Bonchev–Trinajstić information content (AvgIpc) is 2.64. The van der Waals surface area contributed by atoms with E-state index >= 15 is 0 Å². The predicted octanol–water partition coefficient (Wildman–Crippen LogP) is 3.58. The van der Waals surface area contributed by atoms with E-state index in [4.69, 9.17) is 4.42 Å². The minimum atomic E-state index is -0.0197. The summed E-state index contributed by atoms with van der Waals surface area (Å²) in [4.78, 5) is 12.1. The van der Waals surface area contributed by atoms with Gasteiger partial charge in [-0.3, -0.25) is 4.79 Å². The van der Waals surface area contributed by atoms with Crippen molar-refractivity contribution in [1.29, 1.82) is 0 Å². The van der Waals surface area contributed by atoms with Crippen LogP contribution in [-0.4, -0.2) is 5.78 Å². The van der Waals surface area contributed by atoms with Gasteiger partial charge in [-0.15, -0.1) is 0 Å². The lowest BCUT2D eigenvalue weighted by atomic mass is 10.0. The standard InChI is InChI=1S/C12H9BrO2/c1-8-4-2-3-5-9(8)11(14)10-6-7-15-12(10)13/h2-7H,1H3. The van der Waals surface area contributed by atoms with Gasteiger partial charge in [0.1, 0.15) is 0 Å². The van der Waals surface area contributed by atoms with Crippen LogP contribution >= 0.6 is 15.9 Å². The Morgan fingerprint density at radius 1 is 1.20 bits per heavy atom. The summed E-state index contributed by atoms with van der Waals surface area (Å²) in [6.07, 6.45) is 1.50. The van der Waals surface area contributed by atoms with Crippen LogP contribution in [0, 0.1) is 6.92 Å². The summed E-state index contributed by atoms with van der Waals surface area (Å²) in [5, 5.41) is 0. The maximum Gasteiger partial charge on any atom is 0.197 e. The summed E-state index contributed by atoms with van der Waals surface area (Å²) in [7, 11) is 0. The minimum Gasteiger partial charge on any atom is -0.457 e. The molecule has 76 valence electrons. The second-order valence-electron chi connectivity index (χ2n) is 3.25. The van der Waals surface area contributed by atoms with Crippen LogP contribution in [0.15, 0.2) is 45.7 Å². The van der Waals surface area contributed by atoms with Crippen LogP contribution in [0.5, 0.6) is 0 Å². The monoisotopic (exact) mass is 264 g/mol. The highest BCUT2D eigenvalue weighted by atomic mass is 79.9. The summed E-state index contributed by atoms with van der Waals surface area (Å²) in [6.45, 7) is 1.92. The number of carbonyl (C=O) groups is 1. The quantitative estimate of drug-likeness (QED) is 0.777. The Labute approximate surface area is 96.0 Å². The molecule has 0 N–H and O–H groups in total. The Morgan fingerprint density at radius 2 is 1.93 bits per heavy atom. The largest absolute Gasteiger partial charge is 0.457 e. The van der Waals surface area contributed by atoms with Gasteiger partial charge >= 0.3 is 0 Å². The highest BCUT2D eigenvalue weighted by molar-refractivity contribution is 9.10. The molecule has 0 atom stereocenters. The molecule has 0 saturated heterocycles. The van der Waals surface area contributed by atoms with Crippen LogP contribution in [0.1, 0.15) is 21.5 Å². The van der Waals surface area contributed by atoms with Crippen LogP contribution < -0.4 is 0 Å². The number of hydrogen-bond donors (Lipinski definition) is 0. The highest BCUT2D eigenvalue weighted by Crippen LogP contribution is 2.22. The van der Waals surface area contributed by atoms with Crippen LogP contribution in [0.25, 0.3) is 0 Å². The van der Waals surface area contributed by atoms with Crippen molar-refractivity contribution in [3.05, 3.63) is 58.0 Å². The zero-order valence-electron chi connectivity index (χ0n) is 8.16. The Hall–Kier alpha value is -1.35. The average molecular weight is 265 g/mol. The molecule has 1 aromatic carbocycles. The van der Waals surface area contributed by atoms with E-state index in [-0.39, 0.29) is 5.78 Å². The van der Waals surface area contributed by atoms with Crippen LogP contribution in [0.4, 0.5) is 0 Å². The zero-order valence-corrected chi connectivity index (χ0v) is 9.74. The second kappa shape index (κ2) is 4.03. The smallest absolute Gasteiger partial charge is 0.197 e. The summed E-state index contributed by atoms with van der Waals surface area (Å²) >= 11 is 3.20. The fourth-order valence-electron chi connectivity index (χ4n) is 1.43. The second-order valence-corrected chi connectivity index (χ2v) is 3.97. The molecule has 1 aromatic heterocycles. The first kappa shape index (κ1) is 10.2. The molecule has 2 nitrogen and oxygen atoms in total. The van der Waals surface area contributed by atoms with E-state index in [0.29, 0.717) is 15.8 Å². The molecule has 0 bridgehead atoms. The lowest BCUT2D eigenvalue weighted by Gasteiger charge is -2.02. The molecule has 0 amide bonds.